The lowest BCUT2D eigenvalue weighted by Gasteiger charge is -2.24. The number of urea groups is 1. The Morgan fingerprint density at radius 2 is 2.00 bits per heavy atom. The number of thiophene rings is 1. The van der Waals surface area contributed by atoms with Crippen LogP contribution in [0.2, 0.25) is 5.02 Å². The molecule has 1 atom stereocenters. The average molecular weight is 421 g/mol. The minimum Gasteiger partial charge on any atom is -0.337 e. The van der Waals surface area contributed by atoms with E-state index in [-0.39, 0.29) is 5.78 Å². The summed E-state index contributed by atoms with van der Waals surface area (Å²) in [5, 5.41) is 4.99. The number of imide groups is 1. The van der Waals surface area contributed by atoms with Gasteiger partial charge in [0.15, 0.2) is 5.78 Å². The number of nitrogens with one attached hydrogen (secondary N) is 1. The van der Waals surface area contributed by atoms with E-state index >= 15 is 0 Å². The van der Waals surface area contributed by atoms with Crippen LogP contribution in [-0.2, 0) is 4.79 Å². The van der Waals surface area contributed by atoms with Gasteiger partial charge in [0.05, 0.1) is 38.3 Å². The van der Waals surface area contributed by atoms with E-state index in [4.69, 9.17) is 11.6 Å². The number of hydrogen-bond acceptors (Lipinski definition) is 4. The minimum absolute atomic E-state index is 0.316. The van der Waals surface area contributed by atoms with E-state index in [2.05, 4.69) is 26.5 Å². The van der Waals surface area contributed by atoms with E-state index in [1.54, 1.807) is 35.7 Å². The fourth-order valence-electron chi connectivity index (χ4n) is 3.19. The first-order valence-electron chi connectivity index (χ1n) is 8.98. The van der Waals surface area contributed by atoms with Crippen LogP contribution in [-0.4, -0.2) is 56.4 Å². The fraction of sp³-hybridized carbons (Fsp3) is 0.350. The van der Waals surface area contributed by atoms with E-state index in [0.29, 0.717) is 27.7 Å². The van der Waals surface area contributed by atoms with E-state index in [1.807, 2.05) is 0 Å². The summed E-state index contributed by atoms with van der Waals surface area (Å²) in [7, 11) is 6.23. The summed E-state index contributed by atoms with van der Waals surface area (Å²) in [6, 6.07) is 7.74. The van der Waals surface area contributed by atoms with Crippen LogP contribution in [0.4, 0.5) is 10.5 Å². The zero-order valence-electron chi connectivity index (χ0n) is 16.1. The van der Waals surface area contributed by atoms with Crippen molar-refractivity contribution in [2.75, 3.05) is 39.1 Å². The molecule has 1 aliphatic heterocycles. The van der Waals surface area contributed by atoms with Crippen LogP contribution >= 0.6 is 22.9 Å². The number of hydrogen-bond donors (Lipinski definition) is 1. The summed E-state index contributed by atoms with van der Waals surface area (Å²) in [4.78, 5) is 40.2. The molecule has 3 rings (SSSR count). The number of Topliss-reactive ketones (excluding diaryl/α,β-unsaturated/α-hetero) is 1. The Labute approximate surface area is 173 Å². The topological polar surface area (TPSA) is 66.5 Å². The maximum Gasteiger partial charge on any atom is 0.328 e. The highest BCUT2D eigenvalue weighted by Crippen LogP contribution is 2.41. The molecule has 1 aromatic carbocycles. The maximum absolute atomic E-state index is 13.0. The van der Waals surface area contributed by atoms with Crippen LogP contribution in [0.25, 0.3) is 0 Å². The minimum atomic E-state index is -1.05. The molecule has 2 aromatic rings. The highest BCUT2D eigenvalue weighted by Gasteiger charge is 2.45. The summed E-state index contributed by atoms with van der Waals surface area (Å²) < 4.78 is 0.789. The number of amides is 3. The highest BCUT2D eigenvalue weighted by molar-refractivity contribution is 7.12. The zero-order chi connectivity index (χ0) is 20.5. The predicted molar refractivity (Wildman–Crippen MR) is 111 cm³/mol. The zero-order valence-corrected chi connectivity index (χ0v) is 17.6. The van der Waals surface area contributed by atoms with Gasteiger partial charge in [-0.1, -0.05) is 17.7 Å². The van der Waals surface area contributed by atoms with Gasteiger partial charge in [-0.15, -0.1) is 11.3 Å². The lowest BCUT2D eigenvalue weighted by Crippen LogP contribution is -2.45. The second-order valence-electron chi connectivity index (χ2n) is 7.75. The van der Waals surface area contributed by atoms with Crippen LogP contribution in [0.1, 0.15) is 27.6 Å². The number of nitrogens with zero attached hydrogens (tertiary/aromatic N) is 2. The molecular formula is C20H23ClN3O3S+. The number of rotatable bonds is 6. The predicted octanol–water partition coefficient (Wildman–Crippen LogP) is 3.52. The summed E-state index contributed by atoms with van der Waals surface area (Å²) in [5.74, 6) is -1.91. The number of anilines is 1. The molecular weight excluding hydrogens is 398 g/mol. The van der Waals surface area contributed by atoms with Gasteiger partial charge in [-0.05, 0) is 35.2 Å². The molecule has 2 heterocycles. The van der Waals surface area contributed by atoms with Crippen LogP contribution < -0.4 is 10.2 Å². The van der Waals surface area contributed by atoms with Gasteiger partial charge in [-0.2, -0.15) is 0 Å². The third-order valence-electron chi connectivity index (χ3n) is 4.52. The van der Waals surface area contributed by atoms with Gasteiger partial charge < -0.3 is 9.80 Å². The molecule has 0 fully saturated rings. The largest absolute Gasteiger partial charge is 0.337 e. The quantitative estimate of drug-likeness (QED) is 0.336. The molecule has 8 heteroatoms. The van der Waals surface area contributed by atoms with Crippen molar-refractivity contribution in [3.63, 3.8) is 0 Å². The molecule has 0 bridgehead atoms. The van der Waals surface area contributed by atoms with Gasteiger partial charge in [0, 0.05) is 18.0 Å². The van der Waals surface area contributed by atoms with Gasteiger partial charge in [-0.25, -0.2) is 9.69 Å². The van der Waals surface area contributed by atoms with Gasteiger partial charge in [0.25, 0.3) is 5.91 Å². The van der Waals surface area contributed by atoms with Crippen LogP contribution in [0.3, 0.4) is 0 Å². The van der Waals surface area contributed by atoms with E-state index in [1.165, 1.54) is 11.3 Å². The number of benzene rings is 1. The first-order chi connectivity index (χ1) is 13.2. The number of ketones is 1. The number of halogens is 1. The Hall–Kier alpha value is -2.22. The van der Waals surface area contributed by atoms with Crippen molar-refractivity contribution in [1.29, 1.82) is 0 Å². The fourth-order valence-corrected chi connectivity index (χ4v) is 4.07. The summed E-state index contributed by atoms with van der Waals surface area (Å²) in [5.41, 5.74) is 0.880. The van der Waals surface area contributed by atoms with Crippen molar-refractivity contribution in [2.24, 2.45) is 0 Å². The van der Waals surface area contributed by atoms with Crippen LogP contribution in [0, 0.1) is 0 Å². The molecule has 1 aliphatic rings. The molecule has 0 spiro atoms. The molecule has 1 N–H and O–H groups in total. The first kappa shape index (κ1) is 20.5. The first-order valence-corrected chi connectivity index (χ1v) is 10.2. The van der Waals surface area contributed by atoms with Gasteiger partial charge in [-0.3, -0.25) is 9.59 Å². The lowest BCUT2D eigenvalue weighted by molar-refractivity contribution is -0.870. The van der Waals surface area contributed by atoms with Gasteiger partial charge in [0.1, 0.15) is 5.92 Å². The third kappa shape index (κ3) is 4.27. The van der Waals surface area contributed by atoms with Crippen molar-refractivity contribution >= 4 is 46.3 Å². The maximum atomic E-state index is 13.0. The summed E-state index contributed by atoms with van der Waals surface area (Å²) >= 11 is 7.37. The van der Waals surface area contributed by atoms with Crippen molar-refractivity contribution < 1.29 is 18.9 Å². The van der Waals surface area contributed by atoms with Crippen molar-refractivity contribution in [1.82, 2.24) is 5.32 Å². The van der Waals surface area contributed by atoms with E-state index in [0.717, 1.165) is 22.3 Å². The molecule has 0 radical (unpaired) electrons. The Balaban J connectivity index is 1.82. The van der Waals surface area contributed by atoms with E-state index < -0.39 is 17.9 Å². The SMILES string of the molecule is C[N+](C)(C)CCCNC(=O)N1C(=O)C(C(=O)c2cccs2)c2cc(Cl)ccc21. The van der Waals surface area contributed by atoms with Crippen LogP contribution in [0.15, 0.2) is 35.7 Å². The Morgan fingerprint density at radius 3 is 2.64 bits per heavy atom. The number of carbonyl (C=O) groups is 3. The van der Waals surface area contributed by atoms with E-state index in [9.17, 15) is 14.4 Å². The molecule has 28 heavy (non-hydrogen) atoms. The highest BCUT2D eigenvalue weighted by atomic mass is 35.5. The second kappa shape index (κ2) is 8.03. The normalized spacial score (nSPS) is 16.2. The Morgan fingerprint density at radius 1 is 1.25 bits per heavy atom. The summed E-state index contributed by atoms with van der Waals surface area (Å²) in [6.45, 7) is 1.34. The number of carbonyl (C=O) groups excluding carboxylic acids is 3. The van der Waals surface area contributed by atoms with Gasteiger partial charge in [0.2, 0.25) is 0 Å². The molecule has 3 amide bonds. The molecule has 6 nitrogen and oxygen atoms in total. The monoisotopic (exact) mass is 420 g/mol. The van der Waals surface area contributed by atoms with Crippen LogP contribution in [0.5, 0.6) is 0 Å². The molecule has 0 saturated carbocycles. The third-order valence-corrected chi connectivity index (χ3v) is 5.64. The molecule has 1 unspecified atom stereocenters. The second-order valence-corrected chi connectivity index (χ2v) is 9.13. The molecule has 148 valence electrons. The number of quaternary nitrogens is 1. The molecule has 0 aliphatic carbocycles. The van der Waals surface area contributed by atoms with Crippen molar-refractivity contribution in [3.05, 3.63) is 51.2 Å². The Kier molecular flexibility index (Phi) is 5.88. The summed E-state index contributed by atoms with van der Waals surface area (Å²) in [6.07, 6.45) is 0.780. The smallest absolute Gasteiger partial charge is 0.328 e. The molecule has 1 aromatic heterocycles. The standard InChI is InChI=1S/C20H22ClN3O3S/c1-24(2,3)10-5-9-22-20(27)23-15-8-7-13(21)12-14(15)17(19(23)26)18(25)16-6-4-11-28-16/h4,6-8,11-12,17H,5,9-10H2,1-3H3/p+1. The number of fused-ring (bicyclic) bond motifs is 1. The van der Waals surface area contributed by atoms with Crippen molar-refractivity contribution in [3.8, 4) is 0 Å². The van der Waals surface area contributed by atoms with Gasteiger partial charge >= 0.3 is 6.03 Å². The Bertz CT molecular complexity index is 906. The average Bonchev–Trinajstić information content (AvgIpc) is 3.23. The molecule has 0 saturated heterocycles. The lowest BCUT2D eigenvalue weighted by atomic mass is 9.95. The van der Waals surface area contributed by atoms with Crippen molar-refractivity contribution in [2.45, 2.75) is 12.3 Å².